The van der Waals surface area contributed by atoms with E-state index < -0.39 is 0 Å². The van der Waals surface area contributed by atoms with E-state index in [1.807, 2.05) is 31.2 Å². The van der Waals surface area contributed by atoms with Gasteiger partial charge >= 0.3 is 0 Å². The molecule has 2 unspecified atom stereocenters. The Balaban J connectivity index is 1.22. The van der Waals surface area contributed by atoms with Crippen LogP contribution in [-0.2, 0) is 11.3 Å². The minimum Gasteiger partial charge on any atom is -0.386 e. The summed E-state index contributed by atoms with van der Waals surface area (Å²) in [5.41, 5.74) is 10.4. The van der Waals surface area contributed by atoms with Gasteiger partial charge in [0.2, 0.25) is 5.90 Å². The van der Waals surface area contributed by atoms with E-state index in [9.17, 15) is 4.39 Å². The largest absolute Gasteiger partial charge is 0.386 e. The number of aliphatic imine (C=N–C) groups is 1. The number of rotatable bonds is 5. The highest BCUT2D eigenvalue weighted by Crippen LogP contribution is 2.35. The summed E-state index contributed by atoms with van der Waals surface area (Å²) in [5, 5.41) is 3.86. The number of benzene rings is 3. The number of fused-ring (bicyclic) bond motifs is 1. The Morgan fingerprint density at radius 1 is 0.971 bits per heavy atom. The second-order valence-corrected chi connectivity index (χ2v) is 9.76. The molecule has 3 aromatic rings. The van der Waals surface area contributed by atoms with Gasteiger partial charge in [-0.3, -0.25) is 0 Å². The average molecular weight is 456 g/mol. The fraction of sp³-hybridized carbons (Fsp3) is 0.345. The van der Waals surface area contributed by atoms with Gasteiger partial charge in [0.1, 0.15) is 5.82 Å². The maximum absolute atomic E-state index is 14.3. The molecular formula is C29H30FN3O. The second-order valence-electron chi connectivity index (χ2n) is 9.76. The summed E-state index contributed by atoms with van der Waals surface area (Å²) >= 11 is 0. The molecule has 3 aromatic carbocycles. The van der Waals surface area contributed by atoms with Gasteiger partial charge in [0, 0.05) is 23.2 Å². The molecule has 0 spiro atoms. The number of halogens is 1. The fourth-order valence-corrected chi connectivity index (χ4v) is 5.37. The van der Waals surface area contributed by atoms with Crippen molar-refractivity contribution in [2.24, 2.45) is 4.99 Å². The Kier molecular flexibility index (Phi) is 5.67. The number of hydrogen-bond donors (Lipinski definition) is 2. The topological polar surface area (TPSA) is 45.7 Å². The predicted molar refractivity (Wildman–Crippen MR) is 133 cm³/mol. The number of nitrogens with one attached hydrogen (secondary N) is 2. The molecule has 2 N–H and O–H groups in total. The van der Waals surface area contributed by atoms with Crippen LogP contribution in [0, 0.1) is 12.7 Å². The maximum atomic E-state index is 14.3. The molecule has 1 saturated carbocycles. The van der Waals surface area contributed by atoms with Crippen LogP contribution in [0.25, 0.3) is 11.1 Å². The molecule has 2 aliphatic carbocycles. The van der Waals surface area contributed by atoms with Crippen molar-refractivity contribution in [2.45, 2.75) is 63.7 Å². The van der Waals surface area contributed by atoms with Crippen LogP contribution in [0.1, 0.15) is 72.1 Å². The Bertz CT molecular complexity index is 1250. The first kappa shape index (κ1) is 21.5. The van der Waals surface area contributed by atoms with Crippen molar-refractivity contribution < 1.29 is 9.23 Å². The third-order valence-electron chi connectivity index (χ3n) is 7.49. The molecule has 34 heavy (non-hydrogen) atoms. The van der Waals surface area contributed by atoms with E-state index in [2.05, 4.69) is 29.0 Å². The van der Waals surface area contributed by atoms with E-state index in [0.29, 0.717) is 23.5 Å². The first-order valence-corrected chi connectivity index (χ1v) is 12.4. The highest BCUT2D eigenvalue weighted by molar-refractivity contribution is 5.95. The van der Waals surface area contributed by atoms with Crippen molar-refractivity contribution >= 4 is 5.90 Å². The molecule has 1 fully saturated rings. The van der Waals surface area contributed by atoms with Crippen LogP contribution in [0.5, 0.6) is 0 Å². The van der Waals surface area contributed by atoms with Crippen LogP contribution in [0.4, 0.5) is 4.39 Å². The van der Waals surface area contributed by atoms with E-state index in [1.54, 1.807) is 12.1 Å². The zero-order chi connectivity index (χ0) is 23.1. The van der Waals surface area contributed by atoms with E-state index >= 15 is 0 Å². The molecule has 0 amide bonds. The molecule has 0 aromatic heterocycles. The standard InChI is InChI=1S/C29H30FN3O/c1-18-16-21(13-14-23(18)25-9-2-3-10-26(25)30)29-32-28(33-34-29)20-12-15-24-19(17-20)6-4-11-27(24)31-22-7-5-8-22/h2-3,9-10,12-17,22,27-28,31,33H,4-8,11H2,1H3. The molecule has 1 heterocycles. The lowest BCUT2D eigenvalue weighted by atomic mass is 9.84. The summed E-state index contributed by atoms with van der Waals surface area (Å²) in [7, 11) is 0. The first-order valence-electron chi connectivity index (χ1n) is 12.4. The van der Waals surface area contributed by atoms with Crippen LogP contribution in [0.15, 0.2) is 65.7 Å². The van der Waals surface area contributed by atoms with Gasteiger partial charge in [-0.1, -0.05) is 48.9 Å². The van der Waals surface area contributed by atoms with Crippen LogP contribution in [0.2, 0.25) is 0 Å². The zero-order valence-corrected chi connectivity index (χ0v) is 19.5. The summed E-state index contributed by atoms with van der Waals surface area (Å²) in [4.78, 5) is 10.6. The molecular weight excluding hydrogens is 425 g/mol. The molecule has 1 aliphatic heterocycles. The van der Waals surface area contributed by atoms with Crippen molar-refractivity contribution in [1.29, 1.82) is 0 Å². The quantitative estimate of drug-likeness (QED) is 0.475. The lowest BCUT2D eigenvalue weighted by Gasteiger charge is -2.35. The van der Waals surface area contributed by atoms with Gasteiger partial charge in [-0.15, -0.1) is 5.48 Å². The van der Waals surface area contributed by atoms with Crippen LogP contribution >= 0.6 is 0 Å². The maximum Gasteiger partial charge on any atom is 0.242 e. The highest BCUT2D eigenvalue weighted by Gasteiger charge is 2.28. The predicted octanol–water partition coefficient (Wildman–Crippen LogP) is 6.30. The van der Waals surface area contributed by atoms with Gasteiger partial charge in [-0.05, 0) is 85.0 Å². The van der Waals surface area contributed by atoms with Crippen LogP contribution in [0.3, 0.4) is 0 Å². The highest BCUT2D eigenvalue weighted by atomic mass is 19.1. The van der Waals surface area contributed by atoms with Crippen molar-refractivity contribution in [1.82, 2.24) is 10.8 Å². The van der Waals surface area contributed by atoms with Gasteiger partial charge in [0.05, 0.1) is 0 Å². The molecule has 3 aliphatic rings. The lowest BCUT2D eigenvalue weighted by molar-refractivity contribution is 0.180. The number of hydroxylamine groups is 1. The normalized spacial score (nSPS) is 22.0. The minimum atomic E-state index is -0.230. The van der Waals surface area contributed by atoms with Gasteiger partial charge in [0.25, 0.3) is 0 Å². The van der Waals surface area contributed by atoms with E-state index in [0.717, 1.165) is 28.7 Å². The summed E-state index contributed by atoms with van der Waals surface area (Å²) < 4.78 is 14.3. The third-order valence-corrected chi connectivity index (χ3v) is 7.49. The zero-order valence-electron chi connectivity index (χ0n) is 19.5. The Morgan fingerprint density at radius 2 is 1.85 bits per heavy atom. The summed E-state index contributed by atoms with van der Waals surface area (Å²) in [5.74, 6) is 0.350. The third kappa shape index (κ3) is 4.04. The number of nitrogens with zero attached hydrogens (tertiary/aromatic N) is 1. The smallest absolute Gasteiger partial charge is 0.242 e. The van der Waals surface area contributed by atoms with Crippen molar-refractivity contribution in [3.05, 3.63) is 94.3 Å². The van der Waals surface area contributed by atoms with Gasteiger partial charge in [-0.25, -0.2) is 9.38 Å². The SMILES string of the molecule is Cc1cc(C2=NC(c3ccc4c(c3)CCCC4NC3CCC3)NO2)ccc1-c1ccccc1F. The van der Waals surface area contributed by atoms with E-state index in [1.165, 1.54) is 49.3 Å². The number of hydrogen-bond acceptors (Lipinski definition) is 4. The summed E-state index contributed by atoms with van der Waals surface area (Å²) in [6, 6.07) is 20.7. The Labute approximate surface area is 200 Å². The van der Waals surface area contributed by atoms with Crippen molar-refractivity contribution in [2.75, 3.05) is 0 Å². The second kappa shape index (κ2) is 8.97. The molecule has 6 rings (SSSR count). The molecule has 4 nitrogen and oxygen atoms in total. The lowest BCUT2D eigenvalue weighted by Crippen LogP contribution is -2.39. The molecule has 174 valence electrons. The summed E-state index contributed by atoms with van der Waals surface area (Å²) in [6.07, 6.45) is 7.31. The first-order chi connectivity index (χ1) is 16.7. The monoisotopic (exact) mass is 455 g/mol. The molecule has 2 atom stereocenters. The molecule has 0 saturated heterocycles. The molecule has 0 bridgehead atoms. The van der Waals surface area contributed by atoms with Crippen molar-refractivity contribution in [3.63, 3.8) is 0 Å². The van der Waals surface area contributed by atoms with Gasteiger partial charge < -0.3 is 10.2 Å². The van der Waals surface area contributed by atoms with Gasteiger partial charge in [-0.2, -0.15) is 0 Å². The van der Waals surface area contributed by atoms with Crippen LogP contribution < -0.4 is 10.8 Å². The van der Waals surface area contributed by atoms with Crippen LogP contribution in [-0.4, -0.2) is 11.9 Å². The van der Waals surface area contributed by atoms with E-state index in [-0.39, 0.29) is 12.0 Å². The van der Waals surface area contributed by atoms with Crippen molar-refractivity contribution in [3.8, 4) is 11.1 Å². The Morgan fingerprint density at radius 3 is 2.65 bits per heavy atom. The Hall–Kier alpha value is -3.02. The van der Waals surface area contributed by atoms with E-state index in [4.69, 9.17) is 9.83 Å². The fourth-order valence-electron chi connectivity index (χ4n) is 5.37. The summed E-state index contributed by atoms with van der Waals surface area (Å²) in [6.45, 7) is 1.99. The minimum absolute atomic E-state index is 0.216. The average Bonchev–Trinajstić information content (AvgIpc) is 3.32. The number of aryl methyl sites for hydroxylation is 2. The van der Waals surface area contributed by atoms with Gasteiger partial charge in [0.15, 0.2) is 6.17 Å². The molecule has 0 radical (unpaired) electrons. The molecule has 5 heteroatoms.